The fourth-order valence-electron chi connectivity index (χ4n) is 15.2. The minimum Gasteiger partial charge on any atom is -0.506 e. The molecule has 0 unspecified atom stereocenters. The molecule has 11 heterocycles. The number of pyridine rings is 2. The zero-order valence-corrected chi connectivity index (χ0v) is 62.6. The van der Waals surface area contributed by atoms with Crippen molar-refractivity contribution in [2.75, 3.05) is 98.2 Å². The maximum absolute atomic E-state index is 14.7. The molecule has 113 heavy (non-hydrogen) atoms. The van der Waals surface area contributed by atoms with Crippen molar-refractivity contribution in [3.05, 3.63) is 201 Å². The highest BCUT2D eigenvalue weighted by Gasteiger charge is 2.52. The van der Waals surface area contributed by atoms with E-state index in [2.05, 4.69) is 83.2 Å². The van der Waals surface area contributed by atoms with E-state index in [9.17, 15) is 57.4 Å². The number of allylic oxidation sites excluding steroid dienone is 1. The van der Waals surface area contributed by atoms with Gasteiger partial charge in [0, 0.05) is 147 Å². The van der Waals surface area contributed by atoms with Crippen LogP contribution in [0.3, 0.4) is 0 Å². The van der Waals surface area contributed by atoms with Crippen LogP contribution in [0, 0.1) is 57.6 Å². The van der Waals surface area contributed by atoms with Crippen LogP contribution in [0.15, 0.2) is 139 Å². The second-order valence-corrected chi connectivity index (χ2v) is 28.9. The molecule has 0 saturated carbocycles. The minimum atomic E-state index is -1.41. The van der Waals surface area contributed by atoms with Gasteiger partial charge < -0.3 is 48.7 Å². The molecule has 16 rings (SSSR count). The largest absolute Gasteiger partial charge is 0.506 e. The van der Waals surface area contributed by atoms with Crippen LogP contribution in [0.5, 0.6) is 23.0 Å². The summed E-state index contributed by atoms with van der Waals surface area (Å²) in [5, 5.41) is 17.3. The Balaban J connectivity index is 0.000000141. The number of nitrogens with one attached hydrogen (secondary N) is 3. The second-order valence-electron chi connectivity index (χ2n) is 28.9. The first-order valence-corrected chi connectivity index (χ1v) is 37.1. The van der Waals surface area contributed by atoms with Crippen molar-refractivity contribution in [1.82, 2.24) is 50.4 Å². The van der Waals surface area contributed by atoms with Gasteiger partial charge in [-0.2, -0.15) is 0 Å². The Labute approximate surface area is 650 Å². The lowest BCUT2D eigenvalue weighted by Gasteiger charge is -2.34. The highest BCUT2D eigenvalue weighted by atomic mass is 19.1. The van der Waals surface area contributed by atoms with E-state index >= 15 is 0 Å². The SMILES string of the molecule is CCN1CCN(C(=O)c2ccc(C#C[C@]3(CN4Cc5ccc(OC)cc5C4=O)CC(=O)NC3=O)cc2)CC1.COc1ccc2c(c1)C(=O)N(C[C@@]1(C#Cc3cncc(-c4ccc(O)c(C5=CCN=C5)n4)c3)CC(=O)NC1=O)C2.COc1ccc2c(c1F)C(=O)N(C[C@@]1(C#Cc3ccc(N4CCCCC4)cc3)CC(=O)NC1=O)C2. The van der Waals surface area contributed by atoms with E-state index < -0.39 is 63.4 Å². The van der Waals surface area contributed by atoms with Crippen LogP contribution in [-0.4, -0.2) is 198 Å². The van der Waals surface area contributed by atoms with Crippen LogP contribution in [0.1, 0.15) is 126 Å². The number of aromatic hydroxyl groups is 1. The number of carbonyl (C=O) groups is 10. The molecule has 5 aromatic carbocycles. The van der Waals surface area contributed by atoms with E-state index in [1.807, 2.05) is 47.4 Å². The smallest absolute Gasteiger partial charge is 0.257 e. The first kappa shape index (κ1) is 76.4. The maximum Gasteiger partial charge on any atom is 0.257 e. The van der Waals surface area contributed by atoms with Crippen molar-refractivity contribution in [3.8, 4) is 69.8 Å². The van der Waals surface area contributed by atoms with Gasteiger partial charge in [0.2, 0.25) is 35.4 Å². The fraction of sp³-hybridized carbons (Fsp3) is 0.314. The summed E-state index contributed by atoms with van der Waals surface area (Å²) in [7, 11) is 4.40. The number of nitrogens with zero attached hydrogens (tertiary/aromatic N) is 9. The number of rotatable bonds is 14. The van der Waals surface area contributed by atoms with Crippen molar-refractivity contribution in [2.45, 2.75) is 65.1 Å². The number of ether oxygens (including phenoxy) is 3. The Morgan fingerprint density at radius 2 is 1.07 bits per heavy atom. The Bertz CT molecular complexity index is 5370. The van der Waals surface area contributed by atoms with E-state index in [-0.39, 0.29) is 80.2 Å². The molecule has 26 nitrogen and oxygen atoms in total. The average molecular weight is 1520 g/mol. The Morgan fingerprint density at radius 3 is 1.57 bits per heavy atom. The van der Waals surface area contributed by atoms with Crippen LogP contribution in [0.2, 0.25) is 0 Å². The van der Waals surface area contributed by atoms with E-state index in [1.165, 1.54) is 56.5 Å². The molecule has 4 N–H and O–H groups in total. The van der Waals surface area contributed by atoms with E-state index in [4.69, 9.17) is 14.2 Å². The number of aliphatic imine (C=N–C) groups is 1. The first-order chi connectivity index (χ1) is 54.6. The van der Waals surface area contributed by atoms with Gasteiger partial charge in [0.05, 0.1) is 58.4 Å². The number of piperidine rings is 1. The summed E-state index contributed by atoms with van der Waals surface area (Å²) >= 11 is 0. The average Bonchev–Trinajstić information content (AvgIpc) is 1.62. The third-order valence-electron chi connectivity index (χ3n) is 21.5. The number of carbonyl (C=O) groups excluding carboxylic acids is 10. The second kappa shape index (κ2) is 32.3. The number of hydrogen-bond donors (Lipinski definition) is 4. The van der Waals surface area contributed by atoms with Crippen molar-refractivity contribution < 1.29 is 71.7 Å². The molecule has 0 spiro atoms. The number of halogens is 1. The van der Waals surface area contributed by atoms with Crippen molar-refractivity contribution in [1.29, 1.82) is 0 Å². The molecule has 3 atom stereocenters. The third-order valence-corrected chi connectivity index (χ3v) is 21.5. The number of anilines is 1. The molecule has 2 aromatic heterocycles. The predicted octanol–water partition coefficient (Wildman–Crippen LogP) is 6.74. The summed E-state index contributed by atoms with van der Waals surface area (Å²) in [4.78, 5) is 152. The first-order valence-electron chi connectivity index (χ1n) is 37.1. The molecule has 5 fully saturated rings. The van der Waals surface area contributed by atoms with E-state index in [0.717, 1.165) is 55.1 Å². The molecule has 9 aliphatic rings. The number of likely N-dealkylation sites (N-methyl/N-ethyl adjacent to an activating group) is 1. The molecule has 10 amide bonds. The van der Waals surface area contributed by atoms with Crippen LogP contribution >= 0.6 is 0 Å². The summed E-state index contributed by atoms with van der Waals surface area (Å²) < 4.78 is 30.2. The highest BCUT2D eigenvalue weighted by molar-refractivity contribution is 6.13. The van der Waals surface area contributed by atoms with Gasteiger partial charge in [-0.25, -0.2) is 9.37 Å². The van der Waals surface area contributed by atoms with Gasteiger partial charge in [-0.1, -0.05) is 66.7 Å². The molecular formula is C86H79FN12O14. The lowest BCUT2D eigenvalue weighted by Crippen LogP contribution is -2.48. The summed E-state index contributed by atoms with van der Waals surface area (Å²) in [6, 6.07) is 33.5. The molecule has 5 saturated heterocycles. The minimum absolute atomic E-state index is 0.00624. The number of piperazine rings is 1. The van der Waals surface area contributed by atoms with Crippen LogP contribution < -0.4 is 35.1 Å². The summed E-state index contributed by atoms with van der Waals surface area (Å²) in [6.07, 6.45) is 9.91. The van der Waals surface area contributed by atoms with Gasteiger partial charge >= 0.3 is 0 Å². The zero-order chi connectivity index (χ0) is 79.3. The van der Waals surface area contributed by atoms with Crippen LogP contribution in [-0.2, 0) is 48.4 Å². The summed E-state index contributed by atoms with van der Waals surface area (Å²) in [6.45, 7) is 9.44. The lowest BCUT2D eigenvalue weighted by molar-refractivity contribution is -0.128. The Kier molecular flexibility index (Phi) is 21.9. The van der Waals surface area contributed by atoms with Crippen molar-refractivity contribution in [3.63, 3.8) is 0 Å². The van der Waals surface area contributed by atoms with Crippen molar-refractivity contribution >= 4 is 76.5 Å². The Hall–Kier alpha value is -13.3. The number of fused-ring (bicyclic) bond motifs is 3. The molecule has 0 radical (unpaired) electrons. The number of hydrogen-bond acceptors (Lipinski definition) is 19. The molecule has 0 aliphatic carbocycles. The highest BCUT2D eigenvalue weighted by Crippen LogP contribution is 2.39. The van der Waals surface area contributed by atoms with Gasteiger partial charge in [0.15, 0.2) is 11.6 Å². The quantitative estimate of drug-likeness (QED) is 0.0646. The normalized spacial score (nSPS) is 20.6. The number of aromatic nitrogens is 2. The summed E-state index contributed by atoms with van der Waals surface area (Å²) in [5.41, 5.74) is 4.89. The van der Waals surface area contributed by atoms with E-state index in [1.54, 1.807) is 96.3 Å². The van der Waals surface area contributed by atoms with Gasteiger partial charge in [-0.05, 0) is 140 Å². The van der Waals surface area contributed by atoms with Gasteiger partial charge in [0.25, 0.3) is 23.6 Å². The lowest BCUT2D eigenvalue weighted by atomic mass is 9.85. The zero-order valence-electron chi connectivity index (χ0n) is 62.6. The standard InChI is InChI=1S/C30H23N5O5.C29H30N4O5.C27H26FN3O4/c1-40-22-3-2-20-16-35(28(38)23(20)11-22)17-30(12-26(37)34-29(30)39)8-6-18-10-21(15-32-13-18)24-4-5-25(36)27(33-24)19-7-9-31-14-19;1-3-31-12-14-32(15-13-31)26(35)21-6-4-20(5-7-21)10-11-29(17-25(34)30-28(29)37)19-33-18-22-8-9-23(38-2)16-24(22)27(33)36;1-35-21-10-7-19-16-31(25(33)23(19)24(21)28)17-27(15-22(32)29-26(27)34)12-11-18-5-8-20(9-6-18)30-13-3-2-4-14-30/h2-5,7,10-11,13-15,36H,9,12,16-17H2,1H3,(H,34,37,39);4-9,16H,3,12-15,17-19H2,1-2H3,(H,30,34,37);5-10H,2-4,13-17H2,1H3,(H,29,32,34)/t30-;29-;27-/m111/s1. The number of imide groups is 3. The van der Waals surface area contributed by atoms with Gasteiger partial charge in [0.1, 0.15) is 39.2 Å². The van der Waals surface area contributed by atoms with Gasteiger partial charge in [-0.15, -0.1) is 0 Å². The molecule has 7 aromatic rings. The monoisotopic (exact) mass is 1520 g/mol. The third kappa shape index (κ3) is 16.1. The molecule has 574 valence electrons. The van der Waals surface area contributed by atoms with E-state index in [0.29, 0.717) is 100 Å². The Morgan fingerprint density at radius 1 is 0.558 bits per heavy atom. The van der Waals surface area contributed by atoms with Gasteiger partial charge in [-0.3, -0.25) is 73.9 Å². The number of benzene rings is 5. The topological polar surface area (TPSA) is 312 Å². The van der Waals surface area contributed by atoms with Crippen molar-refractivity contribution in [2.24, 2.45) is 21.2 Å². The summed E-state index contributed by atoms with van der Waals surface area (Å²) in [5.74, 6) is 14.6. The fourth-order valence-corrected chi connectivity index (χ4v) is 15.2. The van der Waals surface area contributed by atoms with Crippen LogP contribution in [0.25, 0.3) is 16.8 Å². The molecule has 0 bridgehead atoms. The number of methoxy groups -OCH3 is 3. The molecular weight excluding hydrogens is 1440 g/mol. The van der Waals surface area contributed by atoms with Crippen LogP contribution in [0.4, 0.5) is 10.1 Å². The molecule has 9 aliphatic heterocycles. The molecule has 27 heteroatoms. The number of amides is 10. The predicted molar refractivity (Wildman–Crippen MR) is 412 cm³/mol. The maximum atomic E-state index is 14.7.